The van der Waals surface area contributed by atoms with Crippen LogP contribution in [-0.4, -0.2) is 25.5 Å². The van der Waals surface area contributed by atoms with Gasteiger partial charge in [-0.05, 0) is 32.6 Å². The van der Waals surface area contributed by atoms with Crippen molar-refractivity contribution < 1.29 is 0 Å². The molecule has 1 aromatic carbocycles. The summed E-state index contributed by atoms with van der Waals surface area (Å²) in [4.78, 5) is 2.16. The molecule has 2 heteroatoms. The number of hydrogen-bond acceptors (Lipinski definition) is 2. The van der Waals surface area contributed by atoms with Gasteiger partial charge in [0.1, 0.15) is 0 Å². The summed E-state index contributed by atoms with van der Waals surface area (Å²) < 4.78 is 0. The van der Waals surface area contributed by atoms with E-state index in [1.165, 1.54) is 5.56 Å². The fourth-order valence-corrected chi connectivity index (χ4v) is 1.26. The zero-order valence-corrected chi connectivity index (χ0v) is 8.40. The van der Waals surface area contributed by atoms with E-state index >= 15 is 0 Å². The monoisotopic (exact) mass is 178 g/mol. The highest BCUT2D eigenvalue weighted by Crippen LogP contribution is 2.12. The molecule has 2 nitrogen and oxygen atoms in total. The molecule has 0 spiro atoms. The maximum absolute atomic E-state index is 6.02. The van der Waals surface area contributed by atoms with Crippen molar-refractivity contribution in [3.05, 3.63) is 35.9 Å². The molecule has 0 amide bonds. The summed E-state index contributed by atoms with van der Waals surface area (Å²) >= 11 is 0. The summed E-state index contributed by atoms with van der Waals surface area (Å²) in [5.41, 5.74) is 7.24. The quantitative estimate of drug-likeness (QED) is 0.759. The molecule has 0 aliphatic carbocycles. The van der Waals surface area contributed by atoms with E-state index in [9.17, 15) is 0 Å². The Labute approximate surface area is 80.4 Å². The average Bonchev–Trinajstić information content (AvgIpc) is 2.15. The first-order chi connectivity index (χ1) is 6.20. The first-order valence-corrected chi connectivity index (χ1v) is 4.65. The summed E-state index contributed by atoms with van der Waals surface area (Å²) in [6.45, 7) is 1.04. The average molecular weight is 178 g/mol. The molecule has 0 unspecified atom stereocenters. The van der Waals surface area contributed by atoms with Gasteiger partial charge in [0.05, 0.1) is 0 Å². The van der Waals surface area contributed by atoms with E-state index in [0.717, 1.165) is 13.0 Å². The highest BCUT2D eigenvalue weighted by atomic mass is 15.0. The first-order valence-electron chi connectivity index (χ1n) is 4.65. The zero-order chi connectivity index (χ0) is 9.68. The van der Waals surface area contributed by atoms with Crippen LogP contribution in [0.25, 0.3) is 0 Å². The molecule has 2 N–H and O–H groups in total. The van der Waals surface area contributed by atoms with Crippen LogP contribution in [0.1, 0.15) is 18.0 Å². The second kappa shape index (κ2) is 5.00. The Hall–Kier alpha value is -0.860. The molecule has 72 valence electrons. The Bertz CT molecular complexity index is 231. The third-order valence-corrected chi connectivity index (χ3v) is 2.12. The molecule has 0 radical (unpaired) electrons. The lowest BCUT2D eigenvalue weighted by atomic mass is 10.1. The molecule has 0 heterocycles. The number of nitrogens with zero attached hydrogens (tertiary/aromatic N) is 1. The van der Waals surface area contributed by atoms with Crippen LogP contribution in [0.5, 0.6) is 0 Å². The van der Waals surface area contributed by atoms with Crippen molar-refractivity contribution in [1.82, 2.24) is 4.90 Å². The SMILES string of the molecule is CN(C)CC[C@@H](N)c1ccccc1. The Kier molecular flexibility index (Phi) is 3.93. The molecule has 0 saturated carbocycles. The molecular formula is C11H18N2. The normalized spacial score (nSPS) is 13.2. The summed E-state index contributed by atoms with van der Waals surface area (Å²) in [5, 5.41) is 0. The van der Waals surface area contributed by atoms with Crippen LogP contribution in [0.4, 0.5) is 0 Å². The van der Waals surface area contributed by atoms with Crippen LogP contribution >= 0.6 is 0 Å². The smallest absolute Gasteiger partial charge is 0.0307 e. The van der Waals surface area contributed by atoms with Crippen LogP contribution in [0, 0.1) is 0 Å². The van der Waals surface area contributed by atoms with Crippen molar-refractivity contribution in [1.29, 1.82) is 0 Å². The maximum atomic E-state index is 6.02. The maximum Gasteiger partial charge on any atom is 0.0307 e. The molecule has 1 aromatic rings. The predicted molar refractivity (Wildman–Crippen MR) is 56.5 cm³/mol. The lowest BCUT2D eigenvalue weighted by Crippen LogP contribution is -2.19. The topological polar surface area (TPSA) is 29.3 Å². The molecule has 13 heavy (non-hydrogen) atoms. The number of rotatable bonds is 4. The van der Waals surface area contributed by atoms with E-state index in [-0.39, 0.29) is 6.04 Å². The van der Waals surface area contributed by atoms with E-state index in [0.29, 0.717) is 0 Å². The minimum absolute atomic E-state index is 0.170. The van der Waals surface area contributed by atoms with E-state index < -0.39 is 0 Å². The molecule has 1 rings (SSSR count). The third-order valence-electron chi connectivity index (χ3n) is 2.12. The molecule has 1 atom stereocenters. The van der Waals surface area contributed by atoms with E-state index in [1.54, 1.807) is 0 Å². The van der Waals surface area contributed by atoms with E-state index in [4.69, 9.17) is 5.73 Å². The fourth-order valence-electron chi connectivity index (χ4n) is 1.26. The standard InChI is InChI=1S/C11H18N2/c1-13(2)9-8-11(12)10-6-4-3-5-7-10/h3-7,11H,8-9,12H2,1-2H3/t11-/m1/s1. The van der Waals surface area contributed by atoms with Crippen LogP contribution < -0.4 is 5.73 Å². The molecule has 0 aliphatic heterocycles. The predicted octanol–water partition coefficient (Wildman–Crippen LogP) is 1.64. The third kappa shape index (κ3) is 3.57. The van der Waals surface area contributed by atoms with Crippen molar-refractivity contribution in [2.75, 3.05) is 20.6 Å². The lowest BCUT2D eigenvalue weighted by molar-refractivity contribution is 0.382. The van der Waals surface area contributed by atoms with Crippen LogP contribution in [-0.2, 0) is 0 Å². The number of benzene rings is 1. The van der Waals surface area contributed by atoms with E-state index in [2.05, 4.69) is 31.1 Å². The second-order valence-corrected chi connectivity index (χ2v) is 3.61. The lowest BCUT2D eigenvalue weighted by Gasteiger charge is -2.15. The van der Waals surface area contributed by atoms with Crippen molar-refractivity contribution in [2.24, 2.45) is 5.73 Å². The van der Waals surface area contributed by atoms with Crippen molar-refractivity contribution in [3.8, 4) is 0 Å². The summed E-state index contributed by atoms with van der Waals surface area (Å²) in [7, 11) is 4.13. The van der Waals surface area contributed by atoms with Crippen LogP contribution in [0.3, 0.4) is 0 Å². The Balaban J connectivity index is 2.44. The van der Waals surface area contributed by atoms with Gasteiger partial charge in [0, 0.05) is 6.04 Å². The van der Waals surface area contributed by atoms with Crippen LogP contribution in [0.2, 0.25) is 0 Å². The van der Waals surface area contributed by atoms with Gasteiger partial charge in [0.25, 0.3) is 0 Å². The van der Waals surface area contributed by atoms with Gasteiger partial charge in [-0.3, -0.25) is 0 Å². The van der Waals surface area contributed by atoms with E-state index in [1.807, 2.05) is 18.2 Å². The molecule has 0 bridgehead atoms. The minimum Gasteiger partial charge on any atom is -0.324 e. The van der Waals surface area contributed by atoms with Crippen molar-refractivity contribution in [2.45, 2.75) is 12.5 Å². The summed E-state index contributed by atoms with van der Waals surface area (Å²) in [5.74, 6) is 0. The molecule has 0 aromatic heterocycles. The van der Waals surface area contributed by atoms with Gasteiger partial charge in [-0.25, -0.2) is 0 Å². The Morgan fingerprint density at radius 1 is 1.23 bits per heavy atom. The van der Waals surface area contributed by atoms with Gasteiger partial charge in [-0.1, -0.05) is 30.3 Å². The Morgan fingerprint density at radius 3 is 2.38 bits per heavy atom. The van der Waals surface area contributed by atoms with Gasteiger partial charge in [-0.15, -0.1) is 0 Å². The summed E-state index contributed by atoms with van der Waals surface area (Å²) in [6, 6.07) is 10.4. The molecule has 0 saturated heterocycles. The molecule has 0 aliphatic rings. The fraction of sp³-hybridized carbons (Fsp3) is 0.455. The van der Waals surface area contributed by atoms with Gasteiger partial charge < -0.3 is 10.6 Å². The van der Waals surface area contributed by atoms with Crippen LogP contribution in [0.15, 0.2) is 30.3 Å². The Morgan fingerprint density at radius 2 is 1.85 bits per heavy atom. The number of nitrogens with two attached hydrogens (primary N) is 1. The van der Waals surface area contributed by atoms with Gasteiger partial charge in [0.15, 0.2) is 0 Å². The van der Waals surface area contributed by atoms with Crippen molar-refractivity contribution >= 4 is 0 Å². The highest BCUT2D eigenvalue weighted by Gasteiger charge is 2.04. The highest BCUT2D eigenvalue weighted by molar-refractivity contribution is 5.18. The minimum atomic E-state index is 0.170. The zero-order valence-electron chi connectivity index (χ0n) is 8.40. The molecule has 0 fully saturated rings. The second-order valence-electron chi connectivity index (χ2n) is 3.61. The summed E-state index contributed by atoms with van der Waals surface area (Å²) in [6.07, 6.45) is 1.01. The van der Waals surface area contributed by atoms with Crippen molar-refractivity contribution in [3.63, 3.8) is 0 Å². The molecular weight excluding hydrogens is 160 g/mol. The van der Waals surface area contributed by atoms with Gasteiger partial charge in [0.2, 0.25) is 0 Å². The number of hydrogen-bond donors (Lipinski definition) is 1. The first kappa shape index (κ1) is 10.2. The largest absolute Gasteiger partial charge is 0.324 e. The van der Waals surface area contributed by atoms with Gasteiger partial charge >= 0.3 is 0 Å². The van der Waals surface area contributed by atoms with Gasteiger partial charge in [-0.2, -0.15) is 0 Å².